The van der Waals surface area contributed by atoms with Gasteiger partial charge in [0.1, 0.15) is 11.6 Å². The van der Waals surface area contributed by atoms with Gasteiger partial charge in [0.2, 0.25) is 11.8 Å². The van der Waals surface area contributed by atoms with Gasteiger partial charge in [0.05, 0.1) is 47.9 Å². The zero-order chi connectivity index (χ0) is 31.7. The molecule has 0 unspecified atom stereocenters. The Morgan fingerprint density at radius 2 is 1.18 bits per heavy atom. The van der Waals surface area contributed by atoms with Gasteiger partial charge in [-0.25, -0.2) is 9.97 Å². The van der Waals surface area contributed by atoms with Gasteiger partial charge in [0.25, 0.3) is 0 Å². The van der Waals surface area contributed by atoms with E-state index >= 15 is 0 Å². The van der Waals surface area contributed by atoms with Crippen molar-refractivity contribution in [1.29, 1.82) is 0 Å². The van der Waals surface area contributed by atoms with Gasteiger partial charge in [-0.2, -0.15) is 0 Å². The molecule has 0 spiro atoms. The quantitative estimate of drug-likeness (QED) is 0.206. The molecule has 0 saturated carbocycles. The lowest BCUT2D eigenvalue weighted by molar-refractivity contribution is -0.135. The van der Waals surface area contributed by atoms with Crippen LogP contribution in [0.3, 0.4) is 0 Å². The molecule has 2 aromatic heterocycles. The number of imidazole rings is 2. The Morgan fingerprint density at radius 1 is 0.756 bits per heavy atom. The van der Waals surface area contributed by atoms with Gasteiger partial charge in [0, 0.05) is 13.1 Å². The second-order valence-electron chi connectivity index (χ2n) is 12.7. The topological polar surface area (TPSA) is 150 Å². The zero-order valence-electron chi connectivity index (χ0n) is 26.4. The molecule has 2 fully saturated rings. The molecular formula is C35H44N8O2. The summed E-state index contributed by atoms with van der Waals surface area (Å²) in [5, 5.41) is 0. The summed E-state index contributed by atoms with van der Waals surface area (Å²) in [7, 11) is 0. The number of benzene rings is 2. The van der Waals surface area contributed by atoms with E-state index in [1.165, 1.54) is 0 Å². The molecule has 2 amide bonds. The number of nitrogens with two attached hydrogens (primary N) is 2. The Bertz CT molecular complexity index is 1620. The highest BCUT2D eigenvalue weighted by molar-refractivity contribution is 5.83. The molecule has 4 aromatic rings. The number of aromatic amines is 2. The summed E-state index contributed by atoms with van der Waals surface area (Å²) < 4.78 is 0. The van der Waals surface area contributed by atoms with Crippen molar-refractivity contribution in [2.75, 3.05) is 13.1 Å². The maximum atomic E-state index is 13.0. The Labute approximate surface area is 264 Å². The lowest BCUT2D eigenvalue weighted by Crippen LogP contribution is -2.46. The number of carbonyl (C=O) groups is 2. The maximum absolute atomic E-state index is 13.0. The predicted molar refractivity (Wildman–Crippen MR) is 175 cm³/mol. The van der Waals surface area contributed by atoms with E-state index in [1.807, 2.05) is 43.0 Å². The van der Waals surface area contributed by atoms with E-state index in [2.05, 4.69) is 68.5 Å². The molecule has 2 aromatic carbocycles. The number of H-pyrrole nitrogens is 2. The van der Waals surface area contributed by atoms with Crippen LogP contribution >= 0.6 is 0 Å². The lowest BCUT2D eigenvalue weighted by atomic mass is 10.0. The first kappa shape index (κ1) is 30.7. The molecule has 45 heavy (non-hydrogen) atoms. The van der Waals surface area contributed by atoms with E-state index in [-0.39, 0.29) is 29.8 Å². The van der Waals surface area contributed by atoms with Gasteiger partial charge in [0.15, 0.2) is 0 Å². The van der Waals surface area contributed by atoms with E-state index in [1.54, 1.807) is 0 Å². The standard InChI is InChI=1S/C35H44N8O2/c1-4-26(36)34(44)42-17-5-7-29(42)32-38-19-27(40-32)24-13-9-22(10-14-24)23-11-15-25(16-12-23)28-20-39-33(41-28)30-8-6-18-43(30)35(45)31(37)21(2)3/h9-16,19-21,26,29-31H,4-8,17-18,36-37H2,1-3H3,(H,38,40)(H,39,41)/t26-,29-,30-,31-/m0/s1. The first-order chi connectivity index (χ1) is 21.7. The van der Waals surface area contributed by atoms with Crippen LogP contribution in [-0.4, -0.2) is 66.7 Å². The van der Waals surface area contributed by atoms with Crippen LogP contribution in [0.25, 0.3) is 33.6 Å². The molecule has 6 rings (SSSR count). The van der Waals surface area contributed by atoms with Crippen LogP contribution < -0.4 is 11.5 Å². The number of nitrogens with zero attached hydrogens (tertiary/aromatic N) is 4. The summed E-state index contributed by atoms with van der Waals surface area (Å²) in [6.45, 7) is 7.32. The Morgan fingerprint density at radius 3 is 1.60 bits per heavy atom. The van der Waals surface area contributed by atoms with E-state index in [9.17, 15) is 9.59 Å². The Balaban J connectivity index is 1.12. The van der Waals surface area contributed by atoms with Crippen LogP contribution in [0.4, 0.5) is 0 Å². The van der Waals surface area contributed by atoms with Crippen LogP contribution in [0, 0.1) is 5.92 Å². The summed E-state index contributed by atoms with van der Waals surface area (Å²) in [5.74, 6) is 1.71. The third kappa shape index (κ3) is 6.17. The summed E-state index contributed by atoms with van der Waals surface area (Å²) in [6.07, 6.45) is 7.98. The molecule has 2 aliphatic rings. The second-order valence-corrected chi connectivity index (χ2v) is 12.7. The molecule has 4 atom stereocenters. The zero-order valence-corrected chi connectivity index (χ0v) is 26.4. The Hall–Kier alpha value is -4.28. The number of carbonyl (C=O) groups excluding carboxylic acids is 2. The van der Waals surface area contributed by atoms with Crippen molar-refractivity contribution in [3.05, 3.63) is 72.6 Å². The SMILES string of the molecule is CC[C@H](N)C(=O)N1CCC[C@H]1c1ncc(-c2ccc(-c3ccc(-c4cnc([C@@H]5CCCN5C(=O)[C@@H](N)C(C)C)[nH]4)cc3)cc2)[nH]1. The molecule has 10 nitrogen and oxygen atoms in total. The average molecular weight is 609 g/mol. The molecule has 4 heterocycles. The third-order valence-corrected chi connectivity index (χ3v) is 9.38. The van der Waals surface area contributed by atoms with E-state index < -0.39 is 12.1 Å². The molecule has 10 heteroatoms. The molecule has 0 radical (unpaired) electrons. The minimum Gasteiger partial charge on any atom is -0.340 e. The van der Waals surface area contributed by atoms with Crippen molar-refractivity contribution in [2.45, 2.75) is 77.0 Å². The first-order valence-corrected chi connectivity index (χ1v) is 16.2. The fraction of sp³-hybridized carbons (Fsp3) is 0.429. The van der Waals surface area contributed by atoms with Gasteiger partial charge in [-0.05, 0) is 60.3 Å². The third-order valence-electron chi connectivity index (χ3n) is 9.38. The van der Waals surface area contributed by atoms with Crippen molar-refractivity contribution in [3.63, 3.8) is 0 Å². The largest absolute Gasteiger partial charge is 0.340 e. The van der Waals surface area contributed by atoms with Crippen molar-refractivity contribution in [2.24, 2.45) is 17.4 Å². The second kappa shape index (κ2) is 13.0. The van der Waals surface area contributed by atoms with Gasteiger partial charge in [-0.15, -0.1) is 0 Å². The highest BCUT2D eigenvalue weighted by atomic mass is 16.2. The number of aromatic nitrogens is 4. The van der Waals surface area contributed by atoms with Crippen LogP contribution in [0.15, 0.2) is 60.9 Å². The molecule has 0 aliphatic carbocycles. The molecule has 2 saturated heterocycles. The number of likely N-dealkylation sites (tertiary alicyclic amines) is 2. The minimum atomic E-state index is -0.497. The monoisotopic (exact) mass is 608 g/mol. The van der Waals surface area contributed by atoms with Gasteiger partial charge in [-0.3, -0.25) is 9.59 Å². The average Bonchev–Trinajstić information content (AvgIpc) is 3.89. The lowest BCUT2D eigenvalue weighted by Gasteiger charge is -2.27. The highest BCUT2D eigenvalue weighted by Gasteiger charge is 2.36. The Kier molecular flexibility index (Phi) is 8.87. The predicted octanol–water partition coefficient (Wildman–Crippen LogP) is 5.18. The summed E-state index contributed by atoms with van der Waals surface area (Å²) >= 11 is 0. The first-order valence-electron chi connectivity index (χ1n) is 16.2. The van der Waals surface area contributed by atoms with Crippen molar-refractivity contribution in [1.82, 2.24) is 29.7 Å². The van der Waals surface area contributed by atoms with Crippen LogP contribution in [0.2, 0.25) is 0 Å². The normalized spacial score (nSPS) is 19.8. The molecular weight excluding hydrogens is 564 g/mol. The van der Waals surface area contributed by atoms with Crippen LogP contribution in [-0.2, 0) is 9.59 Å². The van der Waals surface area contributed by atoms with Gasteiger partial charge >= 0.3 is 0 Å². The number of rotatable bonds is 9. The van der Waals surface area contributed by atoms with Crippen molar-refractivity contribution < 1.29 is 9.59 Å². The van der Waals surface area contributed by atoms with Crippen molar-refractivity contribution in [3.8, 4) is 33.6 Å². The summed E-state index contributed by atoms with van der Waals surface area (Å²) in [5.41, 5.74) is 18.4. The fourth-order valence-corrected chi connectivity index (χ4v) is 6.48. The summed E-state index contributed by atoms with van der Waals surface area (Å²) in [6, 6.07) is 15.7. The van der Waals surface area contributed by atoms with E-state index in [0.29, 0.717) is 13.0 Å². The molecule has 236 valence electrons. The van der Waals surface area contributed by atoms with E-state index in [0.717, 1.165) is 77.5 Å². The highest BCUT2D eigenvalue weighted by Crippen LogP contribution is 2.34. The van der Waals surface area contributed by atoms with Gasteiger partial charge < -0.3 is 31.2 Å². The van der Waals surface area contributed by atoms with Crippen molar-refractivity contribution >= 4 is 11.8 Å². The molecule has 6 N–H and O–H groups in total. The number of nitrogens with one attached hydrogen (secondary N) is 2. The number of hydrogen-bond donors (Lipinski definition) is 4. The smallest absolute Gasteiger partial charge is 0.240 e. The fourth-order valence-electron chi connectivity index (χ4n) is 6.48. The van der Waals surface area contributed by atoms with Crippen LogP contribution in [0.5, 0.6) is 0 Å². The number of hydrogen-bond acceptors (Lipinski definition) is 6. The van der Waals surface area contributed by atoms with Gasteiger partial charge in [-0.1, -0.05) is 69.3 Å². The van der Waals surface area contributed by atoms with Crippen LogP contribution in [0.1, 0.15) is 76.6 Å². The minimum absolute atomic E-state index is 0.000500. The molecule has 0 bridgehead atoms. The summed E-state index contributed by atoms with van der Waals surface area (Å²) in [4.78, 5) is 45.7. The van der Waals surface area contributed by atoms with E-state index in [4.69, 9.17) is 11.5 Å². The maximum Gasteiger partial charge on any atom is 0.240 e. The number of amides is 2. The molecule has 2 aliphatic heterocycles.